The molecule has 0 amide bonds. The van der Waals surface area contributed by atoms with Gasteiger partial charge in [-0.1, -0.05) is 12.1 Å². The molecule has 0 aliphatic heterocycles. The molecule has 2 nitrogen and oxygen atoms in total. The fourth-order valence-corrected chi connectivity index (χ4v) is 2.11. The number of alkyl halides is 3. The van der Waals surface area contributed by atoms with E-state index in [1.807, 2.05) is 0 Å². The molecule has 118 valence electrons. The molecule has 1 aromatic rings. The van der Waals surface area contributed by atoms with E-state index in [9.17, 15) is 17.6 Å². The molecule has 1 aliphatic rings. The molecule has 0 heterocycles. The molecule has 0 bridgehead atoms. The average Bonchev–Trinajstić information content (AvgIpc) is 3.21. The van der Waals surface area contributed by atoms with Crippen LogP contribution in [0.4, 0.5) is 17.6 Å². The molecule has 21 heavy (non-hydrogen) atoms. The van der Waals surface area contributed by atoms with E-state index in [4.69, 9.17) is 4.74 Å². The fraction of sp³-hybridized carbons (Fsp3) is 0.600. The molecule has 0 saturated heterocycles. The van der Waals surface area contributed by atoms with Gasteiger partial charge in [0.05, 0.1) is 6.61 Å². The van der Waals surface area contributed by atoms with Crippen LogP contribution in [0.15, 0.2) is 24.3 Å². The van der Waals surface area contributed by atoms with Crippen LogP contribution in [-0.2, 0) is 11.2 Å². The van der Waals surface area contributed by atoms with Gasteiger partial charge in [0.2, 0.25) is 0 Å². The zero-order chi connectivity index (χ0) is 15.3. The molecule has 2 rings (SSSR count). The maximum Gasteiger partial charge on any atom is 0.411 e. The summed E-state index contributed by atoms with van der Waals surface area (Å²) in [5.74, 6) is -0.377. The van der Waals surface area contributed by atoms with Crippen molar-refractivity contribution in [2.75, 3.05) is 19.8 Å². The molecule has 1 saturated carbocycles. The number of hydrogen-bond acceptors (Lipinski definition) is 2. The normalized spacial score (nSPS) is 17.0. The second-order valence-electron chi connectivity index (χ2n) is 5.51. The van der Waals surface area contributed by atoms with E-state index in [1.165, 1.54) is 12.1 Å². The van der Waals surface area contributed by atoms with Gasteiger partial charge >= 0.3 is 6.18 Å². The molecule has 0 spiro atoms. The van der Waals surface area contributed by atoms with E-state index >= 15 is 0 Å². The summed E-state index contributed by atoms with van der Waals surface area (Å²) in [6.45, 7) is -0.577. The van der Waals surface area contributed by atoms with Crippen molar-refractivity contribution in [1.82, 2.24) is 5.32 Å². The van der Waals surface area contributed by atoms with Gasteiger partial charge in [-0.15, -0.1) is 0 Å². The zero-order valence-corrected chi connectivity index (χ0v) is 11.6. The Morgan fingerprint density at radius 1 is 1.19 bits per heavy atom. The Kier molecular flexibility index (Phi) is 5.58. The summed E-state index contributed by atoms with van der Waals surface area (Å²) in [6.07, 6.45) is -1.50. The molecule has 1 aliphatic carbocycles. The van der Waals surface area contributed by atoms with E-state index in [1.54, 1.807) is 12.1 Å². The number of rotatable bonds is 8. The van der Waals surface area contributed by atoms with E-state index in [0.717, 1.165) is 18.4 Å². The van der Waals surface area contributed by atoms with Gasteiger partial charge in [-0.25, -0.2) is 4.39 Å². The van der Waals surface area contributed by atoms with Crippen LogP contribution in [-0.4, -0.2) is 32.0 Å². The summed E-state index contributed by atoms with van der Waals surface area (Å²) in [7, 11) is 0. The maximum atomic E-state index is 12.9. The largest absolute Gasteiger partial charge is 0.411 e. The van der Waals surface area contributed by atoms with Crippen LogP contribution in [0.25, 0.3) is 0 Å². The summed E-state index contributed by atoms with van der Waals surface area (Å²) in [4.78, 5) is 0. The lowest BCUT2D eigenvalue weighted by atomic mass is 10.00. The molecule has 0 radical (unpaired) electrons. The molecule has 0 aromatic heterocycles. The number of halogens is 4. The van der Waals surface area contributed by atoms with E-state index in [0.29, 0.717) is 19.0 Å². The SMILES string of the molecule is Fc1ccc(CC(CNC2CC2)COCC(F)(F)F)cc1. The molecule has 1 N–H and O–H groups in total. The number of hydrogen-bond donors (Lipinski definition) is 1. The third-order valence-electron chi connectivity index (χ3n) is 3.33. The predicted molar refractivity (Wildman–Crippen MR) is 71.5 cm³/mol. The van der Waals surface area contributed by atoms with Crippen molar-refractivity contribution in [3.63, 3.8) is 0 Å². The lowest BCUT2D eigenvalue weighted by Crippen LogP contribution is -2.30. The first-order chi connectivity index (χ1) is 9.92. The van der Waals surface area contributed by atoms with Crippen molar-refractivity contribution in [3.8, 4) is 0 Å². The number of nitrogens with one attached hydrogen (secondary N) is 1. The minimum absolute atomic E-state index is 0.0383. The van der Waals surface area contributed by atoms with Gasteiger partial charge in [-0.3, -0.25) is 0 Å². The molecular weight excluding hydrogens is 286 g/mol. The Labute approximate surface area is 121 Å². The van der Waals surface area contributed by atoms with Crippen molar-refractivity contribution in [2.24, 2.45) is 5.92 Å². The maximum absolute atomic E-state index is 12.9. The predicted octanol–water partition coefficient (Wildman–Crippen LogP) is 3.32. The summed E-state index contributed by atoms with van der Waals surface area (Å²) < 4.78 is 54.0. The third-order valence-corrected chi connectivity index (χ3v) is 3.33. The van der Waals surface area contributed by atoms with E-state index in [-0.39, 0.29) is 18.3 Å². The van der Waals surface area contributed by atoms with Crippen LogP contribution >= 0.6 is 0 Å². The lowest BCUT2D eigenvalue weighted by molar-refractivity contribution is -0.176. The van der Waals surface area contributed by atoms with Gasteiger partial charge < -0.3 is 10.1 Å². The fourth-order valence-electron chi connectivity index (χ4n) is 2.11. The Hall–Kier alpha value is -1.14. The minimum atomic E-state index is -4.30. The van der Waals surface area contributed by atoms with Gasteiger partial charge in [0.1, 0.15) is 12.4 Å². The second-order valence-corrected chi connectivity index (χ2v) is 5.51. The van der Waals surface area contributed by atoms with Gasteiger partial charge in [0.25, 0.3) is 0 Å². The van der Waals surface area contributed by atoms with Crippen molar-refractivity contribution < 1.29 is 22.3 Å². The van der Waals surface area contributed by atoms with Gasteiger partial charge in [0, 0.05) is 12.6 Å². The van der Waals surface area contributed by atoms with Crippen molar-refractivity contribution >= 4 is 0 Å². The Morgan fingerprint density at radius 3 is 2.43 bits per heavy atom. The highest BCUT2D eigenvalue weighted by Gasteiger charge is 2.28. The van der Waals surface area contributed by atoms with Crippen LogP contribution in [0.1, 0.15) is 18.4 Å². The highest BCUT2D eigenvalue weighted by Crippen LogP contribution is 2.20. The Bertz CT molecular complexity index is 428. The Balaban J connectivity index is 1.82. The molecule has 1 fully saturated rings. The van der Waals surface area contributed by atoms with Crippen molar-refractivity contribution in [3.05, 3.63) is 35.6 Å². The Morgan fingerprint density at radius 2 is 1.86 bits per heavy atom. The van der Waals surface area contributed by atoms with E-state index < -0.39 is 12.8 Å². The summed E-state index contributed by atoms with van der Waals surface area (Å²) >= 11 is 0. The van der Waals surface area contributed by atoms with Gasteiger partial charge in [0.15, 0.2) is 0 Å². The first kappa shape index (κ1) is 16.2. The number of ether oxygens (including phenoxy) is 1. The van der Waals surface area contributed by atoms with Crippen molar-refractivity contribution in [1.29, 1.82) is 0 Å². The molecule has 1 aromatic carbocycles. The molecule has 1 unspecified atom stereocenters. The zero-order valence-electron chi connectivity index (χ0n) is 11.6. The third kappa shape index (κ3) is 6.91. The van der Waals surface area contributed by atoms with Crippen LogP contribution in [0.2, 0.25) is 0 Å². The topological polar surface area (TPSA) is 21.3 Å². The average molecular weight is 305 g/mol. The van der Waals surface area contributed by atoms with E-state index in [2.05, 4.69) is 5.32 Å². The molecule has 6 heteroatoms. The lowest BCUT2D eigenvalue weighted by Gasteiger charge is -2.18. The smallest absolute Gasteiger partial charge is 0.372 e. The first-order valence-electron chi connectivity index (χ1n) is 7.05. The summed E-state index contributed by atoms with van der Waals surface area (Å²) in [6, 6.07) is 6.52. The molecular formula is C15H19F4NO. The highest BCUT2D eigenvalue weighted by molar-refractivity contribution is 5.16. The quantitative estimate of drug-likeness (QED) is 0.744. The number of benzene rings is 1. The van der Waals surface area contributed by atoms with Crippen molar-refractivity contribution in [2.45, 2.75) is 31.5 Å². The first-order valence-corrected chi connectivity index (χ1v) is 7.05. The standard InChI is InChI=1S/C15H19F4NO/c16-13-3-1-11(2-4-13)7-12(8-20-14-5-6-14)9-21-10-15(17,18)19/h1-4,12,14,20H,5-10H2. The monoisotopic (exact) mass is 305 g/mol. The van der Waals surface area contributed by atoms with Crippen LogP contribution in [0.5, 0.6) is 0 Å². The summed E-state index contributed by atoms with van der Waals surface area (Å²) in [5.41, 5.74) is 0.898. The van der Waals surface area contributed by atoms with Crippen LogP contribution < -0.4 is 5.32 Å². The molecule has 1 atom stereocenters. The van der Waals surface area contributed by atoms with Gasteiger partial charge in [-0.05, 0) is 42.9 Å². The minimum Gasteiger partial charge on any atom is -0.372 e. The van der Waals surface area contributed by atoms with Gasteiger partial charge in [-0.2, -0.15) is 13.2 Å². The van der Waals surface area contributed by atoms with Crippen LogP contribution in [0.3, 0.4) is 0 Å². The highest BCUT2D eigenvalue weighted by atomic mass is 19.4. The van der Waals surface area contributed by atoms with Crippen LogP contribution in [0, 0.1) is 11.7 Å². The summed E-state index contributed by atoms with van der Waals surface area (Å²) in [5, 5.41) is 3.30. The second kappa shape index (κ2) is 7.22.